The van der Waals surface area contributed by atoms with E-state index in [-0.39, 0.29) is 24.4 Å². The van der Waals surface area contributed by atoms with E-state index in [1.807, 2.05) is 71.0 Å². The number of aromatic nitrogens is 2. The van der Waals surface area contributed by atoms with E-state index in [0.29, 0.717) is 12.2 Å². The molecule has 2 amide bonds. The highest BCUT2D eigenvalue weighted by Crippen LogP contribution is 2.22. The van der Waals surface area contributed by atoms with E-state index in [9.17, 15) is 9.59 Å². The zero-order valence-corrected chi connectivity index (χ0v) is 18.1. The second-order valence-electron chi connectivity index (χ2n) is 8.29. The van der Waals surface area contributed by atoms with Crippen molar-refractivity contribution in [2.75, 3.05) is 13.1 Å². The Kier molecular flexibility index (Phi) is 6.65. The fourth-order valence-electron chi connectivity index (χ4n) is 4.28. The second kappa shape index (κ2) is 9.77. The summed E-state index contributed by atoms with van der Waals surface area (Å²) in [5.74, 6) is 0.774. The van der Waals surface area contributed by atoms with Crippen molar-refractivity contribution in [3.05, 3.63) is 66.0 Å². The fraction of sp³-hybridized carbons (Fsp3) is 0.400. The van der Waals surface area contributed by atoms with Crippen LogP contribution in [0.2, 0.25) is 0 Å². The van der Waals surface area contributed by atoms with Crippen LogP contribution in [0.4, 0.5) is 0 Å². The first-order chi connectivity index (χ1) is 15.1. The summed E-state index contributed by atoms with van der Waals surface area (Å²) in [5.41, 5.74) is 2.73. The number of nitrogens with one attached hydrogen (secondary N) is 1. The lowest BCUT2D eigenvalue weighted by Crippen LogP contribution is -2.36. The van der Waals surface area contributed by atoms with E-state index < -0.39 is 0 Å². The number of imidazole rings is 1. The third-order valence-electron chi connectivity index (χ3n) is 5.91. The highest BCUT2D eigenvalue weighted by molar-refractivity contribution is 5.82. The molecule has 0 spiro atoms. The van der Waals surface area contributed by atoms with Gasteiger partial charge in [-0.2, -0.15) is 0 Å². The smallest absolute Gasteiger partial charge is 0.242 e. The van der Waals surface area contributed by atoms with Crippen LogP contribution in [-0.4, -0.2) is 39.4 Å². The van der Waals surface area contributed by atoms with Gasteiger partial charge in [0.25, 0.3) is 0 Å². The van der Waals surface area contributed by atoms with Crippen LogP contribution in [0.25, 0.3) is 11.0 Å². The molecule has 0 bridgehead atoms. The van der Waals surface area contributed by atoms with Crippen LogP contribution in [-0.2, 0) is 22.6 Å². The Hall–Kier alpha value is -3.15. The molecule has 2 aromatic carbocycles. The quantitative estimate of drug-likeness (QED) is 0.661. The molecule has 4 rings (SSSR count). The van der Waals surface area contributed by atoms with Crippen molar-refractivity contribution >= 4 is 22.8 Å². The van der Waals surface area contributed by atoms with Gasteiger partial charge in [0.15, 0.2) is 0 Å². The van der Waals surface area contributed by atoms with Crippen molar-refractivity contribution in [1.82, 2.24) is 19.8 Å². The molecule has 162 valence electrons. The molecule has 1 aromatic heterocycles. The third-order valence-corrected chi connectivity index (χ3v) is 5.91. The van der Waals surface area contributed by atoms with Gasteiger partial charge in [-0.1, -0.05) is 55.3 Å². The van der Waals surface area contributed by atoms with Crippen LogP contribution >= 0.6 is 0 Å². The molecule has 1 fully saturated rings. The van der Waals surface area contributed by atoms with Crippen LogP contribution in [0.3, 0.4) is 0 Å². The summed E-state index contributed by atoms with van der Waals surface area (Å²) in [7, 11) is 0. The normalized spacial score (nSPS) is 15.5. The van der Waals surface area contributed by atoms with Crippen molar-refractivity contribution in [2.45, 2.75) is 51.6 Å². The summed E-state index contributed by atoms with van der Waals surface area (Å²) < 4.78 is 1.97. The molecular formula is C25H30N4O2. The number of rotatable bonds is 6. The lowest BCUT2D eigenvalue weighted by molar-refractivity contribution is -0.131. The van der Waals surface area contributed by atoms with Gasteiger partial charge in [-0.3, -0.25) is 9.59 Å². The van der Waals surface area contributed by atoms with Crippen LogP contribution in [0.5, 0.6) is 0 Å². The maximum atomic E-state index is 13.1. The minimum Gasteiger partial charge on any atom is -0.346 e. The summed E-state index contributed by atoms with van der Waals surface area (Å²) in [6.07, 6.45) is 4.82. The first-order valence-electron chi connectivity index (χ1n) is 11.2. The minimum absolute atomic E-state index is 0.0591. The number of carbonyl (C=O) groups excluding carboxylic acids is 2. The van der Waals surface area contributed by atoms with Crippen molar-refractivity contribution in [2.24, 2.45) is 0 Å². The topological polar surface area (TPSA) is 67.2 Å². The number of amides is 2. The standard InChI is InChI=1S/C25H30N4O2/c1-19(26-23(30)17-20-11-5-4-6-12-20)25-27-21-13-7-8-14-22(21)29(25)18-24(31)28-15-9-2-3-10-16-28/h4-8,11-14,19H,2-3,9-10,15-18H2,1H3,(H,26,30). The van der Waals surface area contributed by atoms with E-state index in [2.05, 4.69) is 5.32 Å². The van der Waals surface area contributed by atoms with E-state index in [1.165, 1.54) is 12.8 Å². The summed E-state index contributed by atoms with van der Waals surface area (Å²) in [6.45, 7) is 3.82. The van der Waals surface area contributed by atoms with Crippen LogP contribution in [0.1, 0.15) is 50.0 Å². The third kappa shape index (κ3) is 5.13. The molecule has 6 heteroatoms. The molecule has 1 aliphatic heterocycles. The molecule has 2 heterocycles. The van der Waals surface area contributed by atoms with E-state index in [0.717, 1.165) is 42.5 Å². The first-order valence-corrected chi connectivity index (χ1v) is 11.2. The molecule has 0 radical (unpaired) electrons. The van der Waals surface area contributed by atoms with Gasteiger partial charge < -0.3 is 14.8 Å². The van der Waals surface area contributed by atoms with Crippen molar-refractivity contribution < 1.29 is 9.59 Å². The number of para-hydroxylation sites is 2. The van der Waals surface area contributed by atoms with Gasteiger partial charge in [0.05, 0.1) is 23.5 Å². The number of likely N-dealkylation sites (tertiary alicyclic amines) is 1. The number of fused-ring (bicyclic) bond motifs is 1. The zero-order chi connectivity index (χ0) is 21.6. The predicted molar refractivity (Wildman–Crippen MR) is 121 cm³/mol. The molecule has 31 heavy (non-hydrogen) atoms. The first kappa shape index (κ1) is 21.1. The van der Waals surface area contributed by atoms with Gasteiger partial charge in [0.1, 0.15) is 12.4 Å². The molecule has 0 saturated carbocycles. The fourth-order valence-corrected chi connectivity index (χ4v) is 4.28. The Morgan fingerprint density at radius 3 is 2.39 bits per heavy atom. The van der Waals surface area contributed by atoms with E-state index in [1.54, 1.807) is 0 Å². The van der Waals surface area contributed by atoms with E-state index in [4.69, 9.17) is 4.98 Å². The number of hydrogen-bond donors (Lipinski definition) is 1. The monoisotopic (exact) mass is 418 g/mol. The van der Waals surface area contributed by atoms with Gasteiger partial charge in [-0.05, 0) is 37.5 Å². The molecule has 3 aromatic rings. The Morgan fingerprint density at radius 1 is 0.968 bits per heavy atom. The van der Waals surface area contributed by atoms with Crippen molar-refractivity contribution in [3.63, 3.8) is 0 Å². The SMILES string of the molecule is CC(NC(=O)Cc1ccccc1)c1nc2ccccc2n1CC(=O)N1CCCCCC1. The Labute approximate surface area is 183 Å². The average molecular weight is 419 g/mol. The van der Waals surface area contributed by atoms with Crippen molar-refractivity contribution in [1.29, 1.82) is 0 Å². The Bertz CT molecular complexity index is 1040. The average Bonchev–Trinajstić information content (AvgIpc) is 2.94. The number of carbonyl (C=O) groups is 2. The van der Waals surface area contributed by atoms with Gasteiger partial charge in [0, 0.05) is 13.1 Å². The number of benzene rings is 2. The summed E-state index contributed by atoms with van der Waals surface area (Å²) in [4.78, 5) is 32.4. The van der Waals surface area contributed by atoms with E-state index >= 15 is 0 Å². The maximum absolute atomic E-state index is 13.1. The van der Waals surface area contributed by atoms with Crippen LogP contribution in [0.15, 0.2) is 54.6 Å². The predicted octanol–water partition coefficient (Wildman–Crippen LogP) is 3.86. The minimum atomic E-state index is -0.305. The zero-order valence-electron chi connectivity index (χ0n) is 18.1. The Balaban J connectivity index is 1.54. The highest BCUT2D eigenvalue weighted by Gasteiger charge is 2.22. The molecule has 1 N–H and O–H groups in total. The summed E-state index contributed by atoms with van der Waals surface area (Å²) in [6, 6.07) is 17.2. The Morgan fingerprint density at radius 2 is 1.65 bits per heavy atom. The molecule has 1 aliphatic rings. The number of nitrogens with zero attached hydrogens (tertiary/aromatic N) is 3. The molecule has 0 aliphatic carbocycles. The van der Waals surface area contributed by atoms with Gasteiger partial charge in [0.2, 0.25) is 11.8 Å². The molecule has 1 atom stereocenters. The molecule has 6 nitrogen and oxygen atoms in total. The summed E-state index contributed by atoms with van der Waals surface area (Å²) in [5, 5.41) is 3.06. The lowest BCUT2D eigenvalue weighted by atomic mass is 10.1. The highest BCUT2D eigenvalue weighted by atomic mass is 16.2. The van der Waals surface area contributed by atoms with Gasteiger partial charge in [-0.15, -0.1) is 0 Å². The molecule has 1 saturated heterocycles. The maximum Gasteiger partial charge on any atom is 0.242 e. The van der Waals surface area contributed by atoms with Gasteiger partial charge in [-0.25, -0.2) is 4.98 Å². The van der Waals surface area contributed by atoms with Crippen molar-refractivity contribution in [3.8, 4) is 0 Å². The lowest BCUT2D eigenvalue weighted by Gasteiger charge is -2.22. The largest absolute Gasteiger partial charge is 0.346 e. The molecular weight excluding hydrogens is 388 g/mol. The van der Waals surface area contributed by atoms with Gasteiger partial charge >= 0.3 is 0 Å². The number of hydrogen-bond acceptors (Lipinski definition) is 3. The van der Waals surface area contributed by atoms with Crippen LogP contribution < -0.4 is 5.32 Å². The van der Waals surface area contributed by atoms with Crippen LogP contribution in [0, 0.1) is 0 Å². The second-order valence-corrected chi connectivity index (χ2v) is 8.29. The summed E-state index contributed by atoms with van der Waals surface area (Å²) >= 11 is 0. The molecule has 1 unspecified atom stereocenters.